The molecule has 0 spiro atoms. The summed E-state index contributed by atoms with van der Waals surface area (Å²) in [6.45, 7) is 0. The molecule has 3 rings (SSSR count). The van der Waals surface area contributed by atoms with Gasteiger partial charge in [0.05, 0.1) is 5.69 Å². The lowest BCUT2D eigenvalue weighted by atomic mass is 10.1. The van der Waals surface area contributed by atoms with Gasteiger partial charge in [-0.3, -0.25) is 4.79 Å². The monoisotopic (exact) mass is 408 g/mol. The van der Waals surface area contributed by atoms with Gasteiger partial charge in [-0.1, -0.05) is 41.9 Å². The highest BCUT2D eigenvalue weighted by molar-refractivity contribution is 14.1. The predicted octanol–water partition coefficient (Wildman–Crippen LogP) is 4.36. The summed E-state index contributed by atoms with van der Waals surface area (Å²) in [6, 6.07) is 16.9. The van der Waals surface area contributed by atoms with Crippen LogP contribution >= 0.6 is 34.2 Å². The summed E-state index contributed by atoms with van der Waals surface area (Å²) in [4.78, 5) is 19.5. The fourth-order valence-electron chi connectivity index (χ4n) is 1.99. The van der Waals surface area contributed by atoms with Gasteiger partial charge in [-0.15, -0.1) is 0 Å². The van der Waals surface area contributed by atoms with Crippen LogP contribution < -0.4 is 5.56 Å². The standard InChI is InChI=1S/C16H10ClIN2O/c17-12-8-6-11(7-9-12)15-19-14(13(18)16(21)20-15)10-4-2-1-3-5-10/h1-9H,(H,19,20,21). The van der Waals surface area contributed by atoms with Crippen molar-refractivity contribution < 1.29 is 0 Å². The predicted molar refractivity (Wildman–Crippen MR) is 93.5 cm³/mol. The number of hydrogen-bond acceptors (Lipinski definition) is 2. The van der Waals surface area contributed by atoms with Crippen molar-refractivity contribution in [1.82, 2.24) is 9.97 Å². The van der Waals surface area contributed by atoms with Crippen LogP contribution in [-0.4, -0.2) is 9.97 Å². The van der Waals surface area contributed by atoms with Crippen LogP contribution in [0.4, 0.5) is 0 Å². The van der Waals surface area contributed by atoms with E-state index in [4.69, 9.17) is 11.6 Å². The molecule has 0 atom stereocenters. The van der Waals surface area contributed by atoms with Gasteiger partial charge >= 0.3 is 0 Å². The Morgan fingerprint density at radius 2 is 1.62 bits per heavy atom. The molecule has 0 radical (unpaired) electrons. The smallest absolute Gasteiger partial charge is 0.265 e. The van der Waals surface area contributed by atoms with Crippen molar-refractivity contribution in [1.29, 1.82) is 0 Å². The first-order chi connectivity index (χ1) is 10.1. The maximum absolute atomic E-state index is 12.1. The lowest BCUT2D eigenvalue weighted by molar-refractivity contribution is 1.11. The maximum Gasteiger partial charge on any atom is 0.265 e. The fraction of sp³-hybridized carbons (Fsp3) is 0. The van der Waals surface area contributed by atoms with Gasteiger partial charge in [0.1, 0.15) is 9.39 Å². The molecule has 21 heavy (non-hydrogen) atoms. The van der Waals surface area contributed by atoms with Gasteiger partial charge in [-0.05, 0) is 46.9 Å². The van der Waals surface area contributed by atoms with Crippen molar-refractivity contribution >= 4 is 34.2 Å². The van der Waals surface area contributed by atoms with E-state index in [1.807, 2.05) is 65.1 Å². The van der Waals surface area contributed by atoms with Crippen LogP contribution in [-0.2, 0) is 0 Å². The molecular formula is C16H10ClIN2O. The minimum atomic E-state index is -0.144. The number of H-pyrrole nitrogens is 1. The molecule has 0 unspecified atom stereocenters. The molecule has 1 aromatic heterocycles. The van der Waals surface area contributed by atoms with Crippen molar-refractivity contribution in [2.45, 2.75) is 0 Å². The Morgan fingerprint density at radius 1 is 0.952 bits per heavy atom. The number of aromatic amines is 1. The molecule has 0 saturated heterocycles. The van der Waals surface area contributed by atoms with Crippen LogP contribution in [0.2, 0.25) is 5.02 Å². The second-order valence-corrected chi connectivity index (χ2v) is 5.97. The van der Waals surface area contributed by atoms with Crippen molar-refractivity contribution in [2.75, 3.05) is 0 Å². The molecule has 5 heteroatoms. The van der Waals surface area contributed by atoms with Crippen LogP contribution in [0.3, 0.4) is 0 Å². The molecule has 1 N–H and O–H groups in total. The topological polar surface area (TPSA) is 45.8 Å². The van der Waals surface area contributed by atoms with Crippen LogP contribution in [0.1, 0.15) is 0 Å². The number of nitrogens with zero attached hydrogens (tertiary/aromatic N) is 1. The average Bonchev–Trinajstić information content (AvgIpc) is 2.51. The molecule has 104 valence electrons. The Bertz CT molecular complexity index is 829. The zero-order valence-corrected chi connectivity index (χ0v) is 13.7. The summed E-state index contributed by atoms with van der Waals surface area (Å²) in [5.74, 6) is 0.538. The molecule has 0 fully saturated rings. The van der Waals surface area contributed by atoms with Gasteiger partial charge in [0.2, 0.25) is 0 Å². The minimum absolute atomic E-state index is 0.144. The van der Waals surface area contributed by atoms with E-state index in [0.717, 1.165) is 11.1 Å². The summed E-state index contributed by atoms with van der Waals surface area (Å²) in [6.07, 6.45) is 0. The van der Waals surface area contributed by atoms with E-state index in [1.54, 1.807) is 12.1 Å². The normalized spacial score (nSPS) is 10.6. The molecule has 0 saturated carbocycles. The Kier molecular flexibility index (Phi) is 4.07. The van der Waals surface area contributed by atoms with E-state index < -0.39 is 0 Å². The number of hydrogen-bond donors (Lipinski definition) is 1. The van der Waals surface area contributed by atoms with Gasteiger partial charge in [-0.25, -0.2) is 4.98 Å². The maximum atomic E-state index is 12.1. The summed E-state index contributed by atoms with van der Waals surface area (Å²) in [5.41, 5.74) is 2.28. The number of halogens is 2. The number of benzene rings is 2. The van der Waals surface area contributed by atoms with Crippen LogP contribution in [0.5, 0.6) is 0 Å². The summed E-state index contributed by atoms with van der Waals surface area (Å²) >= 11 is 7.91. The molecule has 0 aliphatic carbocycles. The number of nitrogens with one attached hydrogen (secondary N) is 1. The highest BCUT2D eigenvalue weighted by atomic mass is 127. The molecule has 3 nitrogen and oxygen atoms in total. The zero-order chi connectivity index (χ0) is 14.8. The first-order valence-corrected chi connectivity index (χ1v) is 7.72. The van der Waals surface area contributed by atoms with E-state index in [-0.39, 0.29) is 5.56 Å². The van der Waals surface area contributed by atoms with Crippen LogP contribution in [0.15, 0.2) is 59.4 Å². The molecular weight excluding hydrogens is 399 g/mol. The molecule has 1 heterocycles. The van der Waals surface area contributed by atoms with E-state index in [1.165, 1.54) is 0 Å². The largest absolute Gasteiger partial charge is 0.306 e. The Balaban J connectivity index is 2.19. The van der Waals surface area contributed by atoms with Crippen LogP contribution in [0.25, 0.3) is 22.6 Å². The van der Waals surface area contributed by atoms with Crippen molar-refractivity contribution in [3.05, 3.63) is 73.5 Å². The number of aromatic nitrogens is 2. The third kappa shape index (κ3) is 3.01. The molecule has 3 aromatic rings. The quantitative estimate of drug-likeness (QED) is 0.640. The third-order valence-corrected chi connectivity index (χ3v) is 4.28. The van der Waals surface area contributed by atoms with Crippen LogP contribution in [0, 0.1) is 3.57 Å². The minimum Gasteiger partial charge on any atom is -0.306 e. The van der Waals surface area contributed by atoms with Crippen molar-refractivity contribution in [3.8, 4) is 22.6 Å². The fourth-order valence-corrected chi connectivity index (χ4v) is 2.68. The van der Waals surface area contributed by atoms with E-state index in [2.05, 4.69) is 9.97 Å². The first-order valence-electron chi connectivity index (χ1n) is 6.26. The van der Waals surface area contributed by atoms with Crippen molar-refractivity contribution in [2.24, 2.45) is 0 Å². The lowest BCUT2D eigenvalue weighted by Gasteiger charge is -2.07. The van der Waals surface area contributed by atoms with E-state index in [9.17, 15) is 4.79 Å². The van der Waals surface area contributed by atoms with Gasteiger partial charge in [0.25, 0.3) is 5.56 Å². The lowest BCUT2D eigenvalue weighted by Crippen LogP contribution is -2.14. The highest BCUT2D eigenvalue weighted by Gasteiger charge is 2.11. The summed E-state index contributed by atoms with van der Waals surface area (Å²) in [5, 5.41) is 0.648. The van der Waals surface area contributed by atoms with Gasteiger partial charge in [0, 0.05) is 16.1 Å². The second kappa shape index (κ2) is 5.99. The summed E-state index contributed by atoms with van der Waals surface area (Å²) in [7, 11) is 0. The first kappa shape index (κ1) is 14.3. The number of rotatable bonds is 2. The molecule has 2 aromatic carbocycles. The molecule has 0 amide bonds. The van der Waals surface area contributed by atoms with E-state index in [0.29, 0.717) is 20.1 Å². The molecule has 0 bridgehead atoms. The van der Waals surface area contributed by atoms with Crippen molar-refractivity contribution in [3.63, 3.8) is 0 Å². The zero-order valence-electron chi connectivity index (χ0n) is 10.8. The Labute approximate surface area is 140 Å². The molecule has 0 aliphatic heterocycles. The second-order valence-electron chi connectivity index (χ2n) is 4.45. The Hall–Kier alpha value is -1.66. The van der Waals surface area contributed by atoms with Gasteiger partial charge in [-0.2, -0.15) is 0 Å². The van der Waals surface area contributed by atoms with E-state index >= 15 is 0 Å². The third-order valence-electron chi connectivity index (χ3n) is 3.03. The highest BCUT2D eigenvalue weighted by Crippen LogP contribution is 2.24. The van der Waals surface area contributed by atoms with Gasteiger partial charge in [0.15, 0.2) is 0 Å². The average molecular weight is 409 g/mol. The SMILES string of the molecule is O=c1[nH]c(-c2ccc(Cl)cc2)nc(-c2ccccc2)c1I. The summed E-state index contributed by atoms with van der Waals surface area (Å²) < 4.78 is 0.580. The Morgan fingerprint density at radius 3 is 2.29 bits per heavy atom. The van der Waals surface area contributed by atoms with Gasteiger partial charge < -0.3 is 4.98 Å². The molecule has 0 aliphatic rings.